The number of anilines is 1. The normalized spacial score (nSPS) is 10.5. The lowest BCUT2D eigenvalue weighted by atomic mass is 10.1. The highest BCUT2D eigenvalue weighted by atomic mass is 35.5. The number of ether oxygens (including phenoxy) is 1. The maximum absolute atomic E-state index is 6.08. The predicted octanol–water partition coefficient (Wildman–Crippen LogP) is 5.91. The number of nitrogens with zero attached hydrogens (tertiary/aromatic N) is 1. The molecule has 0 heterocycles. The van der Waals surface area contributed by atoms with Gasteiger partial charge >= 0.3 is 0 Å². The summed E-state index contributed by atoms with van der Waals surface area (Å²) in [5.74, 6) is 0.891. The molecule has 0 N–H and O–H groups in total. The SMILES string of the molecule is CCN(CCOc1ccc(-c2ccccc2)cc1)c1cccc(Cl)c1. The van der Waals surface area contributed by atoms with Crippen molar-refractivity contribution < 1.29 is 4.74 Å². The van der Waals surface area contributed by atoms with E-state index in [9.17, 15) is 0 Å². The van der Waals surface area contributed by atoms with Crippen LogP contribution in [0.1, 0.15) is 6.92 Å². The summed E-state index contributed by atoms with van der Waals surface area (Å²) in [5, 5.41) is 0.758. The zero-order valence-electron chi connectivity index (χ0n) is 14.4. The molecule has 3 aromatic carbocycles. The first kappa shape index (κ1) is 17.4. The molecule has 0 bridgehead atoms. The molecule has 0 amide bonds. The minimum absolute atomic E-state index is 0.630. The Morgan fingerprint density at radius 3 is 2.24 bits per heavy atom. The van der Waals surface area contributed by atoms with Gasteiger partial charge in [0.2, 0.25) is 0 Å². The smallest absolute Gasteiger partial charge is 0.119 e. The summed E-state index contributed by atoms with van der Waals surface area (Å²) in [4.78, 5) is 2.25. The summed E-state index contributed by atoms with van der Waals surface area (Å²) < 4.78 is 5.91. The molecule has 0 aromatic heterocycles. The van der Waals surface area contributed by atoms with Gasteiger partial charge in [-0.25, -0.2) is 0 Å². The summed E-state index contributed by atoms with van der Waals surface area (Å²) in [6, 6.07) is 26.5. The fraction of sp³-hybridized carbons (Fsp3) is 0.182. The van der Waals surface area contributed by atoms with E-state index in [2.05, 4.69) is 54.3 Å². The molecule has 0 fully saturated rings. The first-order valence-corrected chi connectivity index (χ1v) is 8.93. The second-order valence-electron chi connectivity index (χ2n) is 5.80. The fourth-order valence-electron chi connectivity index (χ4n) is 2.79. The Morgan fingerprint density at radius 2 is 1.56 bits per heavy atom. The quantitative estimate of drug-likeness (QED) is 0.524. The van der Waals surface area contributed by atoms with E-state index >= 15 is 0 Å². The van der Waals surface area contributed by atoms with Crippen molar-refractivity contribution in [3.05, 3.63) is 83.9 Å². The predicted molar refractivity (Wildman–Crippen MR) is 107 cm³/mol. The standard InChI is InChI=1S/C22H22ClNO/c1-2-24(21-10-6-9-20(23)17-21)15-16-25-22-13-11-19(12-14-22)18-7-4-3-5-8-18/h3-14,17H,2,15-16H2,1H3. The third-order valence-electron chi connectivity index (χ3n) is 4.15. The molecule has 3 heteroatoms. The highest BCUT2D eigenvalue weighted by Crippen LogP contribution is 2.22. The van der Waals surface area contributed by atoms with Crippen LogP contribution in [0, 0.1) is 0 Å². The van der Waals surface area contributed by atoms with Crippen LogP contribution < -0.4 is 9.64 Å². The molecule has 128 valence electrons. The van der Waals surface area contributed by atoms with Gasteiger partial charge in [-0.1, -0.05) is 60.1 Å². The first-order chi connectivity index (χ1) is 12.3. The first-order valence-electron chi connectivity index (χ1n) is 8.55. The topological polar surface area (TPSA) is 12.5 Å². The van der Waals surface area contributed by atoms with Gasteiger partial charge in [0.15, 0.2) is 0 Å². The van der Waals surface area contributed by atoms with Gasteiger partial charge in [0, 0.05) is 17.3 Å². The Balaban J connectivity index is 1.56. The number of rotatable bonds is 7. The lowest BCUT2D eigenvalue weighted by molar-refractivity contribution is 0.324. The van der Waals surface area contributed by atoms with Crippen LogP contribution in [0.4, 0.5) is 5.69 Å². The summed E-state index contributed by atoms with van der Waals surface area (Å²) in [6.07, 6.45) is 0. The van der Waals surface area contributed by atoms with E-state index in [0.717, 1.165) is 29.5 Å². The fourth-order valence-corrected chi connectivity index (χ4v) is 2.98. The Morgan fingerprint density at radius 1 is 0.840 bits per heavy atom. The molecule has 2 nitrogen and oxygen atoms in total. The van der Waals surface area contributed by atoms with Crippen LogP contribution in [0.25, 0.3) is 11.1 Å². The van der Waals surface area contributed by atoms with E-state index in [1.54, 1.807) is 0 Å². The lowest BCUT2D eigenvalue weighted by Gasteiger charge is -2.23. The summed E-state index contributed by atoms with van der Waals surface area (Å²) in [5.41, 5.74) is 3.53. The molecule has 0 radical (unpaired) electrons. The number of likely N-dealkylation sites (N-methyl/N-ethyl adjacent to an activating group) is 1. The van der Waals surface area contributed by atoms with E-state index in [-0.39, 0.29) is 0 Å². The van der Waals surface area contributed by atoms with Crippen molar-refractivity contribution >= 4 is 17.3 Å². The van der Waals surface area contributed by atoms with Gasteiger partial charge in [-0.05, 0) is 48.4 Å². The summed E-state index contributed by atoms with van der Waals surface area (Å²) in [6.45, 7) is 4.49. The Hall–Kier alpha value is -2.45. The number of hydrogen-bond donors (Lipinski definition) is 0. The molecule has 0 aliphatic rings. The van der Waals surface area contributed by atoms with E-state index in [1.807, 2.05) is 36.4 Å². The third kappa shape index (κ3) is 4.77. The maximum Gasteiger partial charge on any atom is 0.119 e. The van der Waals surface area contributed by atoms with Gasteiger partial charge in [-0.3, -0.25) is 0 Å². The summed E-state index contributed by atoms with van der Waals surface area (Å²) >= 11 is 6.08. The molecule has 0 unspecified atom stereocenters. The zero-order chi connectivity index (χ0) is 17.5. The molecule has 0 saturated carbocycles. The molecule has 0 aliphatic carbocycles. The van der Waals surface area contributed by atoms with Crippen molar-refractivity contribution in [3.63, 3.8) is 0 Å². The average Bonchev–Trinajstić information content (AvgIpc) is 2.66. The molecular formula is C22H22ClNO. The number of hydrogen-bond acceptors (Lipinski definition) is 2. The van der Waals surface area contributed by atoms with Gasteiger partial charge in [0.1, 0.15) is 12.4 Å². The zero-order valence-corrected chi connectivity index (χ0v) is 15.1. The van der Waals surface area contributed by atoms with Crippen LogP contribution >= 0.6 is 11.6 Å². The largest absolute Gasteiger partial charge is 0.492 e. The molecule has 0 saturated heterocycles. The van der Waals surface area contributed by atoms with Gasteiger partial charge < -0.3 is 9.64 Å². The van der Waals surface area contributed by atoms with Gasteiger partial charge in [-0.15, -0.1) is 0 Å². The Kier molecular flexibility index (Phi) is 5.97. The van der Waals surface area contributed by atoms with E-state index in [0.29, 0.717) is 6.61 Å². The number of benzene rings is 3. The molecule has 25 heavy (non-hydrogen) atoms. The average molecular weight is 352 g/mol. The maximum atomic E-state index is 6.08. The molecule has 0 atom stereocenters. The van der Waals surface area contributed by atoms with Crippen molar-refractivity contribution in [1.82, 2.24) is 0 Å². The van der Waals surface area contributed by atoms with Crippen LogP contribution in [0.3, 0.4) is 0 Å². The highest BCUT2D eigenvalue weighted by molar-refractivity contribution is 6.30. The minimum Gasteiger partial charge on any atom is -0.492 e. The third-order valence-corrected chi connectivity index (χ3v) is 4.38. The highest BCUT2D eigenvalue weighted by Gasteiger charge is 2.05. The Bertz CT molecular complexity index is 787. The van der Waals surface area contributed by atoms with Crippen LogP contribution in [0.2, 0.25) is 5.02 Å². The van der Waals surface area contributed by atoms with E-state index in [1.165, 1.54) is 11.1 Å². The molecule has 0 aliphatic heterocycles. The molecule has 3 aromatic rings. The van der Waals surface area contributed by atoms with Crippen molar-refractivity contribution in [1.29, 1.82) is 0 Å². The lowest BCUT2D eigenvalue weighted by Crippen LogP contribution is -2.27. The van der Waals surface area contributed by atoms with E-state index < -0.39 is 0 Å². The van der Waals surface area contributed by atoms with Crippen LogP contribution in [-0.2, 0) is 0 Å². The minimum atomic E-state index is 0.630. The monoisotopic (exact) mass is 351 g/mol. The van der Waals surface area contributed by atoms with Crippen molar-refractivity contribution in [2.24, 2.45) is 0 Å². The second kappa shape index (κ2) is 8.59. The van der Waals surface area contributed by atoms with Crippen molar-refractivity contribution in [2.75, 3.05) is 24.6 Å². The van der Waals surface area contributed by atoms with Gasteiger partial charge in [0.25, 0.3) is 0 Å². The van der Waals surface area contributed by atoms with Crippen LogP contribution in [0.5, 0.6) is 5.75 Å². The molecule has 0 spiro atoms. The Labute approximate surface area is 154 Å². The van der Waals surface area contributed by atoms with Crippen LogP contribution in [0.15, 0.2) is 78.9 Å². The van der Waals surface area contributed by atoms with E-state index in [4.69, 9.17) is 16.3 Å². The van der Waals surface area contributed by atoms with Crippen molar-refractivity contribution in [3.8, 4) is 16.9 Å². The van der Waals surface area contributed by atoms with Crippen LogP contribution in [-0.4, -0.2) is 19.7 Å². The van der Waals surface area contributed by atoms with Crippen molar-refractivity contribution in [2.45, 2.75) is 6.92 Å². The van der Waals surface area contributed by atoms with Gasteiger partial charge in [-0.2, -0.15) is 0 Å². The summed E-state index contributed by atoms with van der Waals surface area (Å²) in [7, 11) is 0. The number of halogens is 1. The molecular weight excluding hydrogens is 330 g/mol. The van der Waals surface area contributed by atoms with Gasteiger partial charge in [0.05, 0.1) is 6.54 Å². The molecule has 3 rings (SSSR count). The second-order valence-corrected chi connectivity index (χ2v) is 6.23.